The van der Waals surface area contributed by atoms with Crippen molar-refractivity contribution < 1.29 is 9.47 Å². The number of aromatic nitrogens is 3. The van der Waals surface area contributed by atoms with Gasteiger partial charge >= 0.3 is 0 Å². The Morgan fingerprint density at radius 2 is 1.94 bits per heavy atom. The van der Waals surface area contributed by atoms with Gasteiger partial charge < -0.3 is 9.47 Å². The van der Waals surface area contributed by atoms with E-state index in [2.05, 4.69) is 10.1 Å². The summed E-state index contributed by atoms with van der Waals surface area (Å²) in [5.74, 6) is 1.83. The summed E-state index contributed by atoms with van der Waals surface area (Å²) >= 11 is 2.86. The van der Waals surface area contributed by atoms with Gasteiger partial charge in [0.1, 0.15) is 6.61 Å². The zero-order valence-electron chi connectivity index (χ0n) is 16.5. The van der Waals surface area contributed by atoms with Crippen LogP contribution in [-0.4, -0.2) is 21.7 Å². The maximum atomic E-state index is 12.8. The maximum absolute atomic E-state index is 12.8. The van der Waals surface area contributed by atoms with Gasteiger partial charge in [0, 0.05) is 0 Å². The molecule has 0 atom stereocenters. The summed E-state index contributed by atoms with van der Waals surface area (Å²) < 4.78 is 13.3. The molecule has 0 saturated heterocycles. The molecule has 0 aliphatic heterocycles. The molecule has 0 fully saturated rings. The third-order valence-corrected chi connectivity index (χ3v) is 6.47. The highest BCUT2D eigenvalue weighted by molar-refractivity contribution is 7.15. The SMILES string of the molecule is COc1cc(C=c2sc3nc(-c4cccs4)nn3c2=O)ccc1OCc1ccccc1. The minimum Gasteiger partial charge on any atom is -0.493 e. The normalized spacial score (nSPS) is 11.8. The Hall–Kier alpha value is -3.49. The predicted octanol–water partition coefficient (Wildman–Crippen LogP) is 4.01. The van der Waals surface area contributed by atoms with Crippen LogP contribution >= 0.6 is 22.7 Å². The van der Waals surface area contributed by atoms with Gasteiger partial charge in [0.15, 0.2) is 17.3 Å². The van der Waals surface area contributed by atoms with Crippen LogP contribution in [0.2, 0.25) is 0 Å². The fourth-order valence-electron chi connectivity index (χ4n) is 3.12. The van der Waals surface area contributed by atoms with Crippen LogP contribution in [-0.2, 0) is 6.61 Å². The Morgan fingerprint density at radius 1 is 1.06 bits per heavy atom. The molecule has 0 aliphatic carbocycles. The number of hydrogen-bond acceptors (Lipinski definition) is 7. The average Bonchev–Trinajstić information content (AvgIpc) is 3.52. The lowest BCUT2D eigenvalue weighted by Crippen LogP contribution is -2.23. The lowest BCUT2D eigenvalue weighted by Gasteiger charge is -2.11. The highest BCUT2D eigenvalue weighted by atomic mass is 32.1. The number of ether oxygens (including phenoxy) is 2. The average molecular weight is 448 g/mol. The molecule has 3 heterocycles. The van der Waals surface area contributed by atoms with Crippen molar-refractivity contribution in [2.45, 2.75) is 6.61 Å². The van der Waals surface area contributed by atoms with Crippen molar-refractivity contribution in [1.29, 1.82) is 0 Å². The first-order valence-electron chi connectivity index (χ1n) is 9.51. The first-order chi connectivity index (χ1) is 15.2. The molecule has 0 unspecified atom stereocenters. The number of methoxy groups -OCH3 is 1. The number of thiazole rings is 1. The fraction of sp³-hybridized carbons (Fsp3) is 0.0870. The first kappa shape index (κ1) is 19.5. The van der Waals surface area contributed by atoms with Gasteiger partial charge in [0.25, 0.3) is 5.56 Å². The molecule has 5 rings (SSSR count). The molecular weight excluding hydrogens is 430 g/mol. The second-order valence-corrected chi connectivity index (χ2v) is 8.66. The molecule has 0 radical (unpaired) electrons. The van der Waals surface area contributed by atoms with Crippen LogP contribution in [0.1, 0.15) is 11.1 Å². The van der Waals surface area contributed by atoms with Crippen LogP contribution in [0.3, 0.4) is 0 Å². The molecule has 0 aliphatic rings. The van der Waals surface area contributed by atoms with Gasteiger partial charge in [-0.1, -0.05) is 53.8 Å². The van der Waals surface area contributed by atoms with Gasteiger partial charge in [-0.3, -0.25) is 4.79 Å². The van der Waals surface area contributed by atoms with E-state index in [0.717, 1.165) is 16.0 Å². The summed E-state index contributed by atoms with van der Waals surface area (Å²) in [5.41, 5.74) is 1.73. The van der Waals surface area contributed by atoms with Crippen LogP contribution in [0, 0.1) is 0 Å². The zero-order chi connectivity index (χ0) is 21.2. The Kier molecular flexibility index (Phi) is 5.23. The van der Waals surface area contributed by atoms with Gasteiger partial charge in [-0.2, -0.15) is 9.50 Å². The number of fused-ring (bicyclic) bond motifs is 1. The fourth-order valence-corrected chi connectivity index (χ4v) is 4.68. The van der Waals surface area contributed by atoms with Crippen LogP contribution in [0.4, 0.5) is 0 Å². The highest BCUT2D eigenvalue weighted by Gasteiger charge is 2.13. The molecule has 0 amide bonds. The van der Waals surface area contributed by atoms with Crippen LogP contribution in [0.25, 0.3) is 21.7 Å². The summed E-state index contributed by atoms with van der Waals surface area (Å²) in [5, 5.41) is 6.33. The number of benzene rings is 2. The molecule has 2 aromatic carbocycles. The Labute approximate surface area is 185 Å². The molecule has 8 heteroatoms. The van der Waals surface area contributed by atoms with Crippen molar-refractivity contribution in [2.24, 2.45) is 0 Å². The zero-order valence-corrected chi connectivity index (χ0v) is 18.2. The largest absolute Gasteiger partial charge is 0.493 e. The molecule has 0 spiro atoms. The van der Waals surface area contributed by atoms with Crippen molar-refractivity contribution in [3.05, 3.63) is 92.1 Å². The molecule has 0 bridgehead atoms. The van der Waals surface area contributed by atoms with Crippen molar-refractivity contribution >= 4 is 33.7 Å². The van der Waals surface area contributed by atoms with Crippen molar-refractivity contribution in [3.8, 4) is 22.2 Å². The third kappa shape index (κ3) is 3.95. The van der Waals surface area contributed by atoms with Gasteiger partial charge in [-0.05, 0) is 40.8 Å². The van der Waals surface area contributed by atoms with Crippen LogP contribution < -0.4 is 19.6 Å². The van der Waals surface area contributed by atoms with E-state index >= 15 is 0 Å². The number of thiophene rings is 1. The van der Waals surface area contributed by atoms with Crippen molar-refractivity contribution in [2.75, 3.05) is 7.11 Å². The number of hydrogen-bond donors (Lipinski definition) is 0. The summed E-state index contributed by atoms with van der Waals surface area (Å²) in [7, 11) is 1.60. The Morgan fingerprint density at radius 3 is 2.68 bits per heavy atom. The van der Waals surface area contributed by atoms with Gasteiger partial charge in [-0.25, -0.2) is 0 Å². The topological polar surface area (TPSA) is 65.7 Å². The summed E-state index contributed by atoms with van der Waals surface area (Å²) in [6.45, 7) is 0.450. The predicted molar refractivity (Wildman–Crippen MR) is 123 cm³/mol. The molecule has 6 nitrogen and oxygen atoms in total. The second kappa shape index (κ2) is 8.33. The molecule has 0 N–H and O–H groups in total. The summed E-state index contributed by atoms with van der Waals surface area (Å²) in [4.78, 5) is 18.8. The highest BCUT2D eigenvalue weighted by Crippen LogP contribution is 2.29. The molecule has 5 aromatic rings. The van der Waals surface area contributed by atoms with Crippen LogP contribution in [0.5, 0.6) is 11.5 Å². The molecule has 31 heavy (non-hydrogen) atoms. The lowest BCUT2D eigenvalue weighted by molar-refractivity contribution is 0.284. The molecule has 0 saturated carbocycles. The van der Waals surface area contributed by atoms with E-state index in [1.165, 1.54) is 15.9 Å². The van der Waals surface area contributed by atoms with E-state index in [4.69, 9.17) is 9.47 Å². The molecule has 154 valence electrons. The van der Waals surface area contributed by atoms with Gasteiger partial charge in [-0.15, -0.1) is 16.4 Å². The minimum absolute atomic E-state index is 0.182. The van der Waals surface area contributed by atoms with E-state index < -0.39 is 0 Å². The maximum Gasteiger partial charge on any atom is 0.291 e. The van der Waals surface area contributed by atoms with Gasteiger partial charge in [0.2, 0.25) is 4.96 Å². The standard InChI is InChI=1S/C23H17N3O3S2/c1-28-18-12-16(9-10-17(18)29-14-15-6-3-2-4-7-15)13-20-22(27)26-23(31-20)24-21(25-26)19-8-5-11-30-19/h2-13H,14H2,1H3. The third-order valence-electron chi connectivity index (χ3n) is 4.65. The Balaban J connectivity index is 1.43. The Bertz CT molecular complexity index is 1440. The van der Waals surface area contributed by atoms with E-state index in [-0.39, 0.29) is 5.56 Å². The smallest absolute Gasteiger partial charge is 0.291 e. The molecular formula is C23H17N3O3S2. The van der Waals surface area contributed by atoms with E-state index in [1.807, 2.05) is 72.1 Å². The van der Waals surface area contributed by atoms with Crippen molar-refractivity contribution in [1.82, 2.24) is 14.6 Å². The van der Waals surface area contributed by atoms with Gasteiger partial charge in [0.05, 0.1) is 16.5 Å². The quantitative estimate of drug-likeness (QED) is 0.393. The van der Waals surface area contributed by atoms with E-state index in [9.17, 15) is 4.79 Å². The summed E-state index contributed by atoms with van der Waals surface area (Å²) in [6.07, 6.45) is 1.82. The lowest BCUT2D eigenvalue weighted by atomic mass is 10.2. The second-order valence-electron chi connectivity index (χ2n) is 6.71. The van der Waals surface area contributed by atoms with E-state index in [0.29, 0.717) is 33.4 Å². The monoisotopic (exact) mass is 447 g/mol. The summed E-state index contributed by atoms with van der Waals surface area (Å²) in [6, 6.07) is 19.4. The number of nitrogens with zero attached hydrogens (tertiary/aromatic N) is 3. The van der Waals surface area contributed by atoms with Crippen molar-refractivity contribution in [3.63, 3.8) is 0 Å². The molecule has 3 aromatic heterocycles. The minimum atomic E-state index is -0.182. The number of rotatable bonds is 6. The van der Waals surface area contributed by atoms with Crippen LogP contribution in [0.15, 0.2) is 70.8 Å². The first-order valence-corrected chi connectivity index (χ1v) is 11.2. The van der Waals surface area contributed by atoms with E-state index in [1.54, 1.807) is 18.4 Å².